The molecule has 0 heterocycles. The SMILES string of the molecule is COc1cc(C(Br)c2ccccc2)c(OC)cc1Br. The third-order valence-electron chi connectivity index (χ3n) is 2.87. The van der Waals surface area contributed by atoms with Crippen LogP contribution in [0.2, 0.25) is 0 Å². The molecule has 4 heteroatoms. The lowest BCUT2D eigenvalue weighted by atomic mass is 10.0. The topological polar surface area (TPSA) is 18.5 Å². The number of ether oxygens (including phenoxy) is 2. The third-order valence-corrected chi connectivity index (χ3v) is 4.51. The van der Waals surface area contributed by atoms with Crippen molar-refractivity contribution in [3.8, 4) is 11.5 Å². The van der Waals surface area contributed by atoms with Crippen molar-refractivity contribution in [1.82, 2.24) is 0 Å². The molecule has 0 aromatic heterocycles. The quantitative estimate of drug-likeness (QED) is 0.693. The van der Waals surface area contributed by atoms with Crippen LogP contribution in [0.1, 0.15) is 16.0 Å². The summed E-state index contributed by atoms with van der Waals surface area (Å²) in [7, 11) is 3.32. The van der Waals surface area contributed by atoms with Crippen LogP contribution >= 0.6 is 31.9 Å². The second kappa shape index (κ2) is 6.44. The van der Waals surface area contributed by atoms with E-state index in [4.69, 9.17) is 9.47 Å². The van der Waals surface area contributed by atoms with Crippen molar-refractivity contribution < 1.29 is 9.47 Å². The zero-order chi connectivity index (χ0) is 13.8. The number of rotatable bonds is 4. The Kier molecular flexibility index (Phi) is 4.88. The highest BCUT2D eigenvalue weighted by molar-refractivity contribution is 9.10. The minimum absolute atomic E-state index is 0.0608. The van der Waals surface area contributed by atoms with Gasteiger partial charge in [0.1, 0.15) is 11.5 Å². The standard InChI is InChI=1S/C15H14Br2O2/c1-18-13-9-12(16)14(19-2)8-11(13)15(17)10-6-4-3-5-7-10/h3-9,15H,1-2H3. The van der Waals surface area contributed by atoms with E-state index in [9.17, 15) is 0 Å². The molecule has 0 bridgehead atoms. The van der Waals surface area contributed by atoms with Gasteiger partial charge in [0.2, 0.25) is 0 Å². The van der Waals surface area contributed by atoms with Crippen LogP contribution in [-0.2, 0) is 0 Å². The molecule has 0 aliphatic rings. The molecule has 0 fully saturated rings. The molecule has 1 atom stereocenters. The van der Waals surface area contributed by atoms with Gasteiger partial charge in [0, 0.05) is 5.56 Å². The van der Waals surface area contributed by atoms with Gasteiger partial charge in [-0.05, 0) is 33.6 Å². The predicted molar refractivity (Wildman–Crippen MR) is 84.5 cm³/mol. The molecule has 19 heavy (non-hydrogen) atoms. The van der Waals surface area contributed by atoms with E-state index in [0.717, 1.165) is 21.5 Å². The summed E-state index contributed by atoms with van der Waals surface area (Å²) in [6, 6.07) is 14.1. The number of methoxy groups -OCH3 is 2. The first-order valence-corrected chi connectivity index (χ1v) is 7.48. The smallest absolute Gasteiger partial charge is 0.133 e. The molecule has 1 unspecified atom stereocenters. The molecule has 2 aromatic carbocycles. The second-order valence-electron chi connectivity index (χ2n) is 4.00. The summed E-state index contributed by atoms with van der Waals surface area (Å²) in [6.07, 6.45) is 0. The van der Waals surface area contributed by atoms with Crippen LogP contribution in [0.15, 0.2) is 46.9 Å². The van der Waals surface area contributed by atoms with E-state index in [2.05, 4.69) is 44.0 Å². The number of hydrogen-bond donors (Lipinski definition) is 0. The van der Waals surface area contributed by atoms with Crippen LogP contribution in [0.3, 0.4) is 0 Å². The minimum atomic E-state index is 0.0608. The van der Waals surface area contributed by atoms with Crippen LogP contribution in [0.5, 0.6) is 11.5 Å². The van der Waals surface area contributed by atoms with Gasteiger partial charge in [-0.3, -0.25) is 0 Å². The summed E-state index contributed by atoms with van der Waals surface area (Å²) < 4.78 is 11.7. The van der Waals surface area contributed by atoms with Gasteiger partial charge < -0.3 is 9.47 Å². The molecule has 0 N–H and O–H groups in total. The van der Waals surface area contributed by atoms with Crippen molar-refractivity contribution in [2.75, 3.05) is 14.2 Å². The maximum absolute atomic E-state index is 5.45. The Morgan fingerprint density at radius 2 is 1.58 bits per heavy atom. The highest BCUT2D eigenvalue weighted by Gasteiger charge is 2.18. The summed E-state index contributed by atoms with van der Waals surface area (Å²) in [5.74, 6) is 1.61. The molecule has 0 aliphatic carbocycles. The molecule has 2 nitrogen and oxygen atoms in total. The molecule has 100 valence electrons. The van der Waals surface area contributed by atoms with Gasteiger partial charge in [-0.15, -0.1) is 0 Å². The number of hydrogen-bond acceptors (Lipinski definition) is 2. The Bertz CT molecular complexity index is 556. The molecule has 0 saturated carbocycles. The van der Waals surface area contributed by atoms with Gasteiger partial charge in [-0.2, -0.15) is 0 Å². The largest absolute Gasteiger partial charge is 0.496 e. The first-order chi connectivity index (χ1) is 9.17. The highest BCUT2D eigenvalue weighted by Crippen LogP contribution is 2.41. The molecule has 0 radical (unpaired) electrons. The van der Waals surface area contributed by atoms with Crippen LogP contribution < -0.4 is 9.47 Å². The van der Waals surface area contributed by atoms with Gasteiger partial charge in [-0.1, -0.05) is 46.3 Å². The zero-order valence-electron chi connectivity index (χ0n) is 10.7. The Morgan fingerprint density at radius 3 is 2.16 bits per heavy atom. The zero-order valence-corrected chi connectivity index (χ0v) is 13.9. The molecule has 0 aliphatic heterocycles. The van der Waals surface area contributed by atoms with Gasteiger partial charge in [0.15, 0.2) is 0 Å². The fourth-order valence-corrected chi connectivity index (χ4v) is 3.03. The van der Waals surface area contributed by atoms with Crippen molar-refractivity contribution in [3.63, 3.8) is 0 Å². The van der Waals surface area contributed by atoms with E-state index in [-0.39, 0.29) is 4.83 Å². The molecule has 0 amide bonds. The monoisotopic (exact) mass is 384 g/mol. The van der Waals surface area contributed by atoms with Crippen LogP contribution in [0.25, 0.3) is 0 Å². The maximum atomic E-state index is 5.45. The minimum Gasteiger partial charge on any atom is -0.496 e. The maximum Gasteiger partial charge on any atom is 0.133 e. The van der Waals surface area contributed by atoms with E-state index >= 15 is 0 Å². The van der Waals surface area contributed by atoms with Gasteiger partial charge >= 0.3 is 0 Å². The Balaban J connectivity index is 2.48. The van der Waals surface area contributed by atoms with Crippen LogP contribution in [-0.4, -0.2) is 14.2 Å². The first-order valence-electron chi connectivity index (χ1n) is 5.77. The highest BCUT2D eigenvalue weighted by atomic mass is 79.9. The van der Waals surface area contributed by atoms with Crippen molar-refractivity contribution in [1.29, 1.82) is 0 Å². The van der Waals surface area contributed by atoms with Crippen LogP contribution in [0, 0.1) is 0 Å². The van der Waals surface area contributed by atoms with Crippen molar-refractivity contribution in [3.05, 3.63) is 58.1 Å². The number of benzene rings is 2. The normalized spacial score (nSPS) is 12.0. The predicted octanol–water partition coefficient (Wildman–Crippen LogP) is 4.95. The summed E-state index contributed by atoms with van der Waals surface area (Å²) >= 11 is 7.19. The van der Waals surface area contributed by atoms with E-state index < -0.39 is 0 Å². The third kappa shape index (κ3) is 3.12. The van der Waals surface area contributed by atoms with Crippen LogP contribution in [0.4, 0.5) is 0 Å². The Morgan fingerprint density at radius 1 is 0.947 bits per heavy atom. The molecule has 0 spiro atoms. The molecular formula is C15H14Br2O2. The summed E-state index contributed by atoms with van der Waals surface area (Å²) in [4.78, 5) is 0.0608. The second-order valence-corrected chi connectivity index (χ2v) is 5.77. The lowest BCUT2D eigenvalue weighted by Gasteiger charge is -2.17. The summed E-state index contributed by atoms with van der Waals surface area (Å²) in [5.41, 5.74) is 2.21. The molecule has 2 rings (SSSR count). The summed E-state index contributed by atoms with van der Waals surface area (Å²) in [6.45, 7) is 0. The van der Waals surface area contributed by atoms with E-state index in [1.807, 2.05) is 30.3 Å². The first kappa shape index (κ1) is 14.4. The lowest BCUT2D eigenvalue weighted by molar-refractivity contribution is 0.397. The average molecular weight is 386 g/mol. The molecule has 2 aromatic rings. The molecular weight excluding hydrogens is 372 g/mol. The number of alkyl halides is 1. The van der Waals surface area contributed by atoms with Gasteiger partial charge in [0.05, 0.1) is 23.5 Å². The molecule has 0 saturated heterocycles. The van der Waals surface area contributed by atoms with Crippen molar-refractivity contribution in [2.45, 2.75) is 4.83 Å². The van der Waals surface area contributed by atoms with Crippen molar-refractivity contribution in [2.24, 2.45) is 0 Å². The Hall–Kier alpha value is -1.00. The van der Waals surface area contributed by atoms with Crippen molar-refractivity contribution >= 4 is 31.9 Å². The van der Waals surface area contributed by atoms with E-state index in [0.29, 0.717) is 0 Å². The summed E-state index contributed by atoms with van der Waals surface area (Å²) in [5, 5.41) is 0. The number of halogens is 2. The van der Waals surface area contributed by atoms with Gasteiger partial charge in [-0.25, -0.2) is 0 Å². The fraction of sp³-hybridized carbons (Fsp3) is 0.200. The van der Waals surface area contributed by atoms with E-state index in [1.165, 1.54) is 5.56 Å². The fourth-order valence-electron chi connectivity index (χ4n) is 1.88. The van der Waals surface area contributed by atoms with Gasteiger partial charge in [0.25, 0.3) is 0 Å². The van der Waals surface area contributed by atoms with E-state index in [1.54, 1.807) is 14.2 Å². The Labute approximate surface area is 130 Å². The average Bonchev–Trinajstić information content (AvgIpc) is 2.47. The lowest BCUT2D eigenvalue weighted by Crippen LogP contribution is -1.98.